The predicted molar refractivity (Wildman–Crippen MR) is 76.0 cm³/mol. The first-order chi connectivity index (χ1) is 9.61. The van der Waals surface area contributed by atoms with E-state index in [-0.39, 0.29) is 18.9 Å². The first-order valence-corrected chi connectivity index (χ1v) is 6.57. The van der Waals surface area contributed by atoms with Gasteiger partial charge in [-0.2, -0.15) is 0 Å². The van der Waals surface area contributed by atoms with Crippen LogP contribution in [0.3, 0.4) is 0 Å². The first kappa shape index (κ1) is 16.0. The SMILES string of the molecule is CCOc1ccc(NC(=O)CNCCCC(=O)O)cc1. The lowest BCUT2D eigenvalue weighted by Gasteiger charge is -2.07. The number of carbonyl (C=O) groups excluding carboxylic acids is 1. The Morgan fingerprint density at radius 2 is 1.95 bits per heavy atom. The summed E-state index contributed by atoms with van der Waals surface area (Å²) in [4.78, 5) is 21.9. The molecule has 110 valence electrons. The van der Waals surface area contributed by atoms with Crippen molar-refractivity contribution in [3.05, 3.63) is 24.3 Å². The van der Waals surface area contributed by atoms with Crippen LogP contribution >= 0.6 is 0 Å². The molecule has 0 atom stereocenters. The molecule has 1 aromatic rings. The number of benzene rings is 1. The van der Waals surface area contributed by atoms with Crippen molar-refractivity contribution in [1.82, 2.24) is 5.32 Å². The van der Waals surface area contributed by atoms with E-state index in [1.165, 1.54) is 0 Å². The van der Waals surface area contributed by atoms with Crippen molar-refractivity contribution >= 4 is 17.6 Å². The number of amides is 1. The number of carbonyl (C=O) groups is 2. The van der Waals surface area contributed by atoms with Gasteiger partial charge in [0.05, 0.1) is 13.2 Å². The lowest BCUT2D eigenvalue weighted by molar-refractivity contribution is -0.137. The van der Waals surface area contributed by atoms with E-state index < -0.39 is 5.97 Å². The van der Waals surface area contributed by atoms with Crippen LogP contribution in [0.5, 0.6) is 5.75 Å². The van der Waals surface area contributed by atoms with Gasteiger partial charge in [0, 0.05) is 12.1 Å². The molecule has 0 spiro atoms. The summed E-state index contributed by atoms with van der Waals surface area (Å²) in [6, 6.07) is 7.12. The molecule has 0 radical (unpaired) electrons. The minimum absolute atomic E-state index is 0.105. The summed E-state index contributed by atoms with van der Waals surface area (Å²) in [7, 11) is 0. The Kier molecular flexibility index (Phi) is 7.13. The van der Waals surface area contributed by atoms with Crippen LogP contribution in [0.15, 0.2) is 24.3 Å². The minimum atomic E-state index is -0.828. The Hall–Kier alpha value is -2.08. The summed E-state index contributed by atoms with van der Waals surface area (Å²) in [6.45, 7) is 3.17. The summed E-state index contributed by atoms with van der Waals surface area (Å²) < 4.78 is 5.30. The van der Waals surface area contributed by atoms with E-state index in [0.717, 1.165) is 5.75 Å². The average Bonchev–Trinajstić information content (AvgIpc) is 2.40. The number of hydrogen-bond acceptors (Lipinski definition) is 4. The van der Waals surface area contributed by atoms with Crippen LogP contribution in [-0.4, -0.2) is 36.7 Å². The van der Waals surface area contributed by atoms with Crippen LogP contribution in [0.2, 0.25) is 0 Å². The highest BCUT2D eigenvalue weighted by molar-refractivity contribution is 5.92. The number of carboxylic acid groups (broad SMARTS) is 1. The molecule has 6 heteroatoms. The second-order valence-electron chi connectivity index (χ2n) is 4.18. The maximum Gasteiger partial charge on any atom is 0.303 e. The Balaban J connectivity index is 2.22. The van der Waals surface area contributed by atoms with Gasteiger partial charge in [-0.05, 0) is 44.2 Å². The molecule has 1 amide bonds. The van der Waals surface area contributed by atoms with Crippen molar-refractivity contribution < 1.29 is 19.4 Å². The summed E-state index contributed by atoms with van der Waals surface area (Å²) in [5.74, 6) is -0.229. The zero-order chi connectivity index (χ0) is 14.8. The molecule has 1 aromatic carbocycles. The van der Waals surface area contributed by atoms with E-state index in [4.69, 9.17) is 9.84 Å². The normalized spacial score (nSPS) is 10.1. The van der Waals surface area contributed by atoms with Crippen molar-refractivity contribution in [2.24, 2.45) is 0 Å². The van der Waals surface area contributed by atoms with Crippen LogP contribution in [0, 0.1) is 0 Å². The van der Waals surface area contributed by atoms with Gasteiger partial charge in [0.2, 0.25) is 5.91 Å². The number of nitrogens with one attached hydrogen (secondary N) is 2. The third kappa shape index (κ3) is 6.75. The molecular weight excluding hydrogens is 260 g/mol. The smallest absolute Gasteiger partial charge is 0.303 e. The minimum Gasteiger partial charge on any atom is -0.494 e. The van der Waals surface area contributed by atoms with E-state index in [2.05, 4.69) is 10.6 Å². The quantitative estimate of drug-likeness (QED) is 0.596. The molecule has 0 aliphatic heterocycles. The van der Waals surface area contributed by atoms with Crippen LogP contribution < -0.4 is 15.4 Å². The van der Waals surface area contributed by atoms with Crippen molar-refractivity contribution in [3.63, 3.8) is 0 Å². The van der Waals surface area contributed by atoms with Crippen molar-refractivity contribution in [1.29, 1.82) is 0 Å². The van der Waals surface area contributed by atoms with Crippen molar-refractivity contribution in [2.45, 2.75) is 19.8 Å². The largest absolute Gasteiger partial charge is 0.494 e. The van der Waals surface area contributed by atoms with E-state index in [9.17, 15) is 9.59 Å². The van der Waals surface area contributed by atoms with E-state index >= 15 is 0 Å². The highest BCUT2D eigenvalue weighted by Gasteiger charge is 2.02. The predicted octanol–water partition coefficient (Wildman–Crippen LogP) is 1.48. The molecule has 0 heterocycles. The van der Waals surface area contributed by atoms with Gasteiger partial charge in [-0.25, -0.2) is 0 Å². The third-order valence-corrected chi connectivity index (χ3v) is 2.48. The van der Waals surface area contributed by atoms with Crippen LogP contribution in [0.4, 0.5) is 5.69 Å². The van der Waals surface area contributed by atoms with Crippen molar-refractivity contribution in [2.75, 3.05) is 25.0 Å². The molecule has 0 fully saturated rings. The van der Waals surface area contributed by atoms with Gasteiger partial charge in [0.25, 0.3) is 0 Å². The zero-order valence-electron chi connectivity index (χ0n) is 11.5. The monoisotopic (exact) mass is 280 g/mol. The molecule has 0 unspecified atom stereocenters. The van der Waals surface area contributed by atoms with E-state index in [1.54, 1.807) is 24.3 Å². The molecule has 0 saturated heterocycles. The number of anilines is 1. The molecule has 0 bridgehead atoms. The fourth-order valence-electron chi connectivity index (χ4n) is 1.57. The standard InChI is InChI=1S/C14H20N2O4/c1-2-20-12-7-5-11(6-8-12)16-13(17)10-15-9-3-4-14(18)19/h5-8,15H,2-4,9-10H2,1H3,(H,16,17)(H,18,19). The second-order valence-corrected chi connectivity index (χ2v) is 4.18. The van der Waals surface area contributed by atoms with Crippen LogP contribution in [-0.2, 0) is 9.59 Å². The highest BCUT2D eigenvalue weighted by atomic mass is 16.5. The molecule has 0 aliphatic carbocycles. The Bertz CT molecular complexity index is 431. The van der Waals surface area contributed by atoms with Crippen LogP contribution in [0.25, 0.3) is 0 Å². The third-order valence-electron chi connectivity index (χ3n) is 2.48. The topological polar surface area (TPSA) is 87.7 Å². The number of hydrogen-bond donors (Lipinski definition) is 3. The zero-order valence-corrected chi connectivity index (χ0v) is 11.5. The van der Waals surface area contributed by atoms with Gasteiger partial charge in [0.1, 0.15) is 5.75 Å². The molecule has 0 aliphatic rings. The second kappa shape index (κ2) is 8.92. The number of ether oxygens (including phenoxy) is 1. The molecule has 3 N–H and O–H groups in total. The average molecular weight is 280 g/mol. The molecule has 1 rings (SSSR count). The number of aliphatic carboxylic acids is 1. The lowest BCUT2D eigenvalue weighted by Crippen LogP contribution is -2.28. The summed E-state index contributed by atoms with van der Waals surface area (Å²) in [5, 5.41) is 14.1. The molecular formula is C14H20N2O4. The summed E-state index contributed by atoms with van der Waals surface area (Å²) in [5.41, 5.74) is 0.700. The Morgan fingerprint density at radius 3 is 2.55 bits per heavy atom. The summed E-state index contributed by atoms with van der Waals surface area (Å²) in [6.07, 6.45) is 0.610. The van der Waals surface area contributed by atoms with Gasteiger partial charge in [0.15, 0.2) is 0 Å². The van der Waals surface area contributed by atoms with Gasteiger partial charge in [-0.3, -0.25) is 9.59 Å². The van der Waals surface area contributed by atoms with Crippen molar-refractivity contribution in [3.8, 4) is 5.75 Å². The molecule has 0 aromatic heterocycles. The van der Waals surface area contributed by atoms with Gasteiger partial charge in [-0.15, -0.1) is 0 Å². The number of rotatable bonds is 9. The van der Waals surface area contributed by atoms with Gasteiger partial charge < -0.3 is 20.5 Å². The number of carboxylic acids is 1. The van der Waals surface area contributed by atoms with Crippen LogP contribution in [0.1, 0.15) is 19.8 Å². The highest BCUT2D eigenvalue weighted by Crippen LogP contribution is 2.15. The van der Waals surface area contributed by atoms with E-state index in [0.29, 0.717) is 25.3 Å². The first-order valence-electron chi connectivity index (χ1n) is 6.57. The van der Waals surface area contributed by atoms with E-state index in [1.807, 2.05) is 6.92 Å². The molecule has 6 nitrogen and oxygen atoms in total. The van der Waals surface area contributed by atoms with Gasteiger partial charge in [-0.1, -0.05) is 0 Å². The van der Waals surface area contributed by atoms with Gasteiger partial charge >= 0.3 is 5.97 Å². The fourth-order valence-corrected chi connectivity index (χ4v) is 1.57. The summed E-state index contributed by atoms with van der Waals surface area (Å²) >= 11 is 0. The Labute approximate surface area is 118 Å². The fraction of sp³-hybridized carbons (Fsp3) is 0.429. The maximum absolute atomic E-state index is 11.6. The molecule has 0 saturated carbocycles. The maximum atomic E-state index is 11.6. The lowest BCUT2D eigenvalue weighted by atomic mass is 10.3. The molecule has 20 heavy (non-hydrogen) atoms. The Morgan fingerprint density at radius 1 is 1.25 bits per heavy atom.